The van der Waals surface area contributed by atoms with Crippen LogP contribution in [0, 0.1) is 6.92 Å². The molecule has 1 amide bonds. The quantitative estimate of drug-likeness (QED) is 0.633. The second kappa shape index (κ2) is 6.96. The van der Waals surface area contributed by atoms with Gasteiger partial charge in [0.2, 0.25) is 0 Å². The molecule has 0 saturated heterocycles. The van der Waals surface area contributed by atoms with E-state index in [1.54, 1.807) is 24.3 Å². The highest BCUT2D eigenvalue weighted by molar-refractivity contribution is 6.30. The Hall–Kier alpha value is -3.00. The lowest BCUT2D eigenvalue weighted by Gasteiger charge is -2.13. The van der Waals surface area contributed by atoms with Crippen molar-refractivity contribution in [2.45, 2.75) is 13.1 Å². The van der Waals surface area contributed by atoms with Crippen LogP contribution < -0.4 is 11.1 Å². The molecule has 0 aliphatic rings. The molecule has 3 rings (SSSR count). The number of hydrogen-bond acceptors (Lipinski definition) is 3. The van der Waals surface area contributed by atoms with Crippen molar-refractivity contribution >= 4 is 28.9 Å². The molecule has 0 unspecified atom stereocenters. The number of alkyl halides is 3. The molecule has 0 aliphatic carbocycles. The highest BCUT2D eigenvalue weighted by Gasteiger charge is 2.36. The molecule has 2 aromatic carbocycles. The fourth-order valence-electron chi connectivity index (χ4n) is 2.51. The lowest BCUT2D eigenvalue weighted by Crippen LogP contribution is -2.15. The normalized spacial score (nSPS) is 11.4. The van der Waals surface area contributed by atoms with Gasteiger partial charge in [-0.1, -0.05) is 11.6 Å². The molecule has 3 aromatic rings. The van der Waals surface area contributed by atoms with Crippen molar-refractivity contribution in [3.63, 3.8) is 0 Å². The van der Waals surface area contributed by atoms with Crippen LogP contribution in [0.2, 0.25) is 5.02 Å². The number of amides is 1. The Kier molecular flexibility index (Phi) is 4.84. The fourth-order valence-corrected chi connectivity index (χ4v) is 2.64. The summed E-state index contributed by atoms with van der Waals surface area (Å²) in [5.41, 5.74) is 6.02. The number of nitrogens with one attached hydrogen (secondary N) is 1. The van der Waals surface area contributed by atoms with Crippen LogP contribution in [-0.2, 0) is 6.18 Å². The third-order valence-electron chi connectivity index (χ3n) is 3.74. The van der Waals surface area contributed by atoms with Gasteiger partial charge in [0.25, 0.3) is 5.91 Å². The maximum absolute atomic E-state index is 13.2. The minimum absolute atomic E-state index is 0.0394. The Labute approximate surface area is 157 Å². The molecule has 1 heterocycles. The van der Waals surface area contributed by atoms with Gasteiger partial charge in [0.05, 0.1) is 17.1 Å². The highest BCUT2D eigenvalue weighted by atomic mass is 35.5. The van der Waals surface area contributed by atoms with E-state index in [0.29, 0.717) is 16.3 Å². The van der Waals surface area contributed by atoms with E-state index in [1.165, 1.54) is 25.1 Å². The standard InChI is InChI=1S/C18H14ClF3N4O/c1-10-8-16(18(20,21)22)26(25-10)15-7-6-13(9-14(15)23)24-17(27)11-2-4-12(19)5-3-11/h2-9H,23H2,1H3,(H,24,27). The highest BCUT2D eigenvalue weighted by Crippen LogP contribution is 2.33. The molecule has 140 valence electrons. The molecule has 5 nitrogen and oxygen atoms in total. The molecule has 3 N–H and O–H groups in total. The Morgan fingerprint density at radius 2 is 1.81 bits per heavy atom. The van der Waals surface area contributed by atoms with Crippen LogP contribution in [0.5, 0.6) is 0 Å². The summed E-state index contributed by atoms with van der Waals surface area (Å²) in [6.45, 7) is 1.46. The van der Waals surface area contributed by atoms with Crippen molar-refractivity contribution in [1.82, 2.24) is 9.78 Å². The second-order valence-electron chi connectivity index (χ2n) is 5.82. The van der Waals surface area contributed by atoms with Crippen molar-refractivity contribution in [3.8, 4) is 5.69 Å². The van der Waals surface area contributed by atoms with Gasteiger partial charge in [0.15, 0.2) is 0 Å². The zero-order chi connectivity index (χ0) is 19.8. The van der Waals surface area contributed by atoms with Gasteiger partial charge in [-0.05, 0) is 55.5 Å². The van der Waals surface area contributed by atoms with Gasteiger partial charge < -0.3 is 11.1 Å². The summed E-state index contributed by atoms with van der Waals surface area (Å²) in [5.74, 6) is -0.398. The van der Waals surface area contributed by atoms with E-state index in [2.05, 4.69) is 10.4 Å². The molecule has 0 fully saturated rings. The zero-order valence-electron chi connectivity index (χ0n) is 14.0. The summed E-state index contributed by atoms with van der Waals surface area (Å²) in [6.07, 6.45) is -4.57. The van der Waals surface area contributed by atoms with Gasteiger partial charge in [-0.2, -0.15) is 18.3 Å². The number of carbonyl (C=O) groups is 1. The van der Waals surface area contributed by atoms with Crippen molar-refractivity contribution in [2.24, 2.45) is 0 Å². The molecule has 0 radical (unpaired) electrons. The Morgan fingerprint density at radius 3 is 2.41 bits per heavy atom. The van der Waals surface area contributed by atoms with Gasteiger partial charge in [0.1, 0.15) is 5.69 Å². The zero-order valence-corrected chi connectivity index (χ0v) is 14.8. The smallest absolute Gasteiger partial charge is 0.397 e. The number of nitrogens with zero attached hydrogens (tertiary/aromatic N) is 2. The number of anilines is 2. The first-order chi connectivity index (χ1) is 12.6. The number of aryl methyl sites for hydroxylation is 1. The minimum atomic E-state index is -4.57. The maximum Gasteiger partial charge on any atom is 0.433 e. The number of benzene rings is 2. The van der Waals surface area contributed by atoms with E-state index in [9.17, 15) is 18.0 Å². The summed E-state index contributed by atoms with van der Waals surface area (Å²) in [5, 5.41) is 7.00. The van der Waals surface area contributed by atoms with Crippen LogP contribution in [0.25, 0.3) is 5.69 Å². The molecule has 0 spiro atoms. The predicted octanol–water partition coefficient (Wildman–Crippen LogP) is 4.69. The molecular weight excluding hydrogens is 381 g/mol. The van der Waals surface area contributed by atoms with Gasteiger partial charge >= 0.3 is 6.18 Å². The molecule has 0 atom stereocenters. The first-order valence-corrected chi connectivity index (χ1v) is 8.13. The number of carbonyl (C=O) groups excluding carboxylic acids is 1. The molecule has 0 saturated carbocycles. The van der Waals surface area contributed by atoms with Gasteiger partial charge in [0, 0.05) is 16.3 Å². The minimum Gasteiger partial charge on any atom is -0.397 e. The molecule has 1 aromatic heterocycles. The second-order valence-corrected chi connectivity index (χ2v) is 6.25. The van der Waals surface area contributed by atoms with Crippen LogP contribution >= 0.6 is 11.6 Å². The number of aromatic nitrogens is 2. The van der Waals surface area contributed by atoms with Crippen LogP contribution in [0.15, 0.2) is 48.5 Å². The molecule has 0 bridgehead atoms. The number of halogens is 4. The first kappa shape index (κ1) is 18.8. The topological polar surface area (TPSA) is 72.9 Å². The van der Waals surface area contributed by atoms with E-state index in [4.69, 9.17) is 17.3 Å². The third-order valence-corrected chi connectivity index (χ3v) is 3.99. The van der Waals surface area contributed by atoms with Crippen molar-refractivity contribution in [1.29, 1.82) is 0 Å². The Bertz CT molecular complexity index is 997. The lowest BCUT2D eigenvalue weighted by molar-refractivity contribution is -0.142. The SMILES string of the molecule is Cc1cc(C(F)(F)F)n(-c2ccc(NC(=O)c3ccc(Cl)cc3)cc2N)n1. The number of nitrogens with two attached hydrogens (primary N) is 1. The molecule has 0 aliphatic heterocycles. The largest absolute Gasteiger partial charge is 0.433 e. The first-order valence-electron chi connectivity index (χ1n) is 7.76. The van der Waals surface area contributed by atoms with Gasteiger partial charge in [-0.25, -0.2) is 4.68 Å². The van der Waals surface area contributed by atoms with E-state index >= 15 is 0 Å². The predicted molar refractivity (Wildman–Crippen MR) is 97.1 cm³/mol. The maximum atomic E-state index is 13.2. The number of rotatable bonds is 3. The van der Waals surface area contributed by atoms with Crippen LogP contribution in [0.1, 0.15) is 21.7 Å². The van der Waals surface area contributed by atoms with Crippen LogP contribution in [-0.4, -0.2) is 15.7 Å². The summed E-state index contributed by atoms with van der Waals surface area (Å²) >= 11 is 5.78. The molecule has 9 heteroatoms. The van der Waals surface area contributed by atoms with Crippen LogP contribution in [0.4, 0.5) is 24.5 Å². The average Bonchev–Trinajstić information content (AvgIpc) is 2.97. The van der Waals surface area contributed by atoms with Gasteiger partial charge in [-0.3, -0.25) is 4.79 Å². The number of nitrogen functional groups attached to an aromatic ring is 1. The monoisotopic (exact) mass is 394 g/mol. The summed E-state index contributed by atoms with van der Waals surface area (Å²) in [6, 6.07) is 11.4. The molecule has 27 heavy (non-hydrogen) atoms. The summed E-state index contributed by atoms with van der Waals surface area (Å²) in [7, 11) is 0. The Morgan fingerprint density at radius 1 is 1.15 bits per heavy atom. The van der Waals surface area contributed by atoms with E-state index < -0.39 is 17.8 Å². The summed E-state index contributed by atoms with van der Waals surface area (Å²) in [4.78, 5) is 12.2. The van der Waals surface area contributed by atoms with Gasteiger partial charge in [-0.15, -0.1) is 0 Å². The fraction of sp³-hybridized carbons (Fsp3) is 0.111. The average molecular weight is 395 g/mol. The number of hydrogen-bond donors (Lipinski definition) is 2. The van der Waals surface area contributed by atoms with Crippen LogP contribution in [0.3, 0.4) is 0 Å². The third kappa shape index (κ3) is 4.06. The van der Waals surface area contributed by atoms with E-state index in [0.717, 1.165) is 10.7 Å². The van der Waals surface area contributed by atoms with Crippen molar-refractivity contribution in [2.75, 3.05) is 11.1 Å². The van der Waals surface area contributed by atoms with Crippen molar-refractivity contribution < 1.29 is 18.0 Å². The summed E-state index contributed by atoms with van der Waals surface area (Å²) < 4.78 is 40.3. The van der Waals surface area contributed by atoms with Crippen molar-refractivity contribution in [3.05, 3.63) is 70.5 Å². The van der Waals surface area contributed by atoms with E-state index in [-0.39, 0.29) is 17.1 Å². The molecular formula is C18H14ClF3N4O. The Balaban J connectivity index is 1.89. The lowest BCUT2D eigenvalue weighted by atomic mass is 10.2. The van der Waals surface area contributed by atoms with E-state index in [1.807, 2.05) is 0 Å².